The first-order valence-corrected chi connectivity index (χ1v) is 5.82. The highest BCUT2D eigenvalue weighted by Gasteiger charge is 2.33. The number of nitrogens with zero attached hydrogens (tertiary/aromatic N) is 1. The van der Waals surface area contributed by atoms with Gasteiger partial charge in [-0.05, 0) is 25.2 Å². The number of carbonyl (C=O) groups excluding carboxylic acids is 2. The standard InChI is InChI=1S/C12H14N2O4/c13-9-5-7(1-2-8(9)12(17)18)6-14-10(15)3-4-11(14)16/h3-4,7-8,13H,1-2,5-6H2,(H,17,18). The van der Waals surface area contributed by atoms with Crippen molar-refractivity contribution in [1.82, 2.24) is 4.90 Å². The van der Waals surface area contributed by atoms with Gasteiger partial charge in [0.15, 0.2) is 0 Å². The molecule has 0 radical (unpaired) electrons. The number of imide groups is 1. The van der Waals surface area contributed by atoms with Crippen molar-refractivity contribution < 1.29 is 19.5 Å². The number of hydrogen-bond acceptors (Lipinski definition) is 4. The summed E-state index contributed by atoms with van der Waals surface area (Å²) in [7, 11) is 0. The minimum atomic E-state index is -0.964. The molecule has 96 valence electrons. The van der Waals surface area contributed by atoms with Gasteiger partial charge in [0.25, 0.3) is 11.8 Å². The highest BCUT2D eigenvalue weighted by Crippen LogP contribution is 2.27. The Morgan fingerprint density at radius 3 is 2.44 bits per heavy atom. The van der Waals surface area contributed by atoms with Crippen molar-refractivity contribution in [3.05, 3.63) is 12.2 Å². The topological polar surface area (TPSA) is 98.5 Å². The summed E-state index contributed by atoms with van der Waals surface area (Å²) in [5.41, 5.74) is 0.186. The predicted octanol–water partition coefficient (Wildman–Crippen LogP) is 0.432. The summed E-state index contributed by atoms with van der Waals surface area (Å²) in [6, 6.07) is 0. The van der Waals surface area contributed by atoms with Crippen LogP contribution in [0.25, 0.3) is 0 Å². The number of carbonyl (C=O) groups is 3. The second-order valence-electron chi connectivity index (χ2n) is 4.68. The number of hydrogen-bond donors (Lipinski definition) is 2. The predicted molar refractivity (Wildman–Crippen MR) is 62.1 cm³/mol. The first-order valence-electron chi connectivity index (χ1n) is 5.82. The molecule has 1 aliphatic heterocycles. The molecule has 0 saturated heterocycles. The van der Waals surface area contributed by atoms with Gasteiger partial charge in [-0.2, -0.15) is 0 Å². The van der Waals surface area contributed by atoms with Gasteiger partial charge in [-0.3, -0.25) is 19.3 Å². The van der Waals surface area contributed by atoms with E-state index in [1.54, 1.807) is 0 Å². The van der Waals surface area contributed by atoms with Crippen molar-refractivity contribution >= 4 is 23.5 Å². The molecule has 2 N–H and O–H groups in total. The molecule has 6 heteroatoms. The van der Waals surface area contributed by atoms with Gasteiger partial charge in [0, 0.05) is 24.4 Å². The fraction of sp³-hybridized carbons (Fsp3) is 0.500. The van der Waals surface area contributed by atoms with E-state index in [4.69, 9.17) is 10.5 Å². The molecule has 0 aromatic heterocycles. The maximum Gasteiger partial charge on any atom is 0.312 e. The van der Waals surface area contributed by atoms with Crippen molar-refractivity contribution in [3.63, 3.8) is 0 Å². The molecular weight excluding hydrogens is 236 g/mol. The molecule has 1 saturated carbocycles. The number of amides is 2. The lowest BCUT2D eigenvalue weighted by molar-refractivity contribution is -0.141. The Kier molecular flexibility index (Phi) is 3.27. The Hall–Kier alpha value is -1.98. The van der Waals surface area contributed by atoms with Gasteiger partial charge in [-0.25, -0.2) is 0 Å². The number of carboxylic acid groups (broad SMARTS) is 1. The van der Waals surface area contributed by atoms with Gasteiger partial charge in [-0.15, -0.1) is 0 Å². The van der Waals surface area contributed by atoms with E-state index in [-0.39, 0.29) is 30.0 Å². The van der Waals surface area contributed by atoms with Crippen LogP contribution in [0.2, 0.25) is 0 Å². The second kappa shape index (κ2) is 4.72. The van der Waals surface area contributed by atoms with Gasteiger partial charge < -0.3 is 10.5 Å². The van der Waals surface area contributed by atoms with Crippen LogP contribution in [0.1, 0.15) is 19.3 Å². The maximum absolute atomic E-state index is 11.4. The van der Waals surface area contributed by atoms with E-state index in [1.165, 1.54) is 12.2 Å². The molecule has 2 rings (SSSR count). The number of rotatable bonds is 3. The largest absolute Gasteiger partial charge is 0.481 e. The van der Waals surface area contributed by atoms with E-state index in [0.717, 1.165) is 4.90 Å². The molecule has 0 aromatic rings. The van der Waals surface area contributed by atoms with Gasteiger partial charge in [0.1, 0.15) is 0 Å². The van der Waals surface area contributed by atoms with E-state index in [1.807, 2.05) is 0 Å². The van der Waals surface area contributed by atoms with Crippen LogP contribution in [-0.4, -0.2) is 40.0 Å². The van der Waals surface area contributed by atoms with Crippen molar-refractivity contribution in [1.29, 1.82) is 5.41 Å². The van der Waals surface area contributed by atoms with Crippen LogP contribution < -0.4 is 0 Å². The van der Waals surface area contributed by atoms with Gasteiger partial charge in [0.2, 0.25) is 0 Å². The van der Waals surface area contributed by atoms with E-state index >= 15 is 0 Å². The average molecular weight is 250 g/mol. The molecule has 6 nitrogen and oxygen atoms in total. The lowest BCUT2D eigenvalue weighted by atomic mass is 9.80. The van der Waals surface area contributed by atoms with Crippen molar-refractivity contribution in [3.8, 4) is 0 Å². The summed E-state index contributed by atoms with van der Waals surface area (Å²) < 4.78 is 0. The van der Waals surface area contributed by atoms with Crippen LogP contribution >= 0.6 is 0 Å². The van der Waals surface area contributed by atoms with Gasteiger partial charge in [0.05, 0.1) is 5.92 Å². The molecule has 2 atom stereocenters. The third-order valence-corrected chi connectivity index (χ3v) is 3.43. The van der Waals surface area contributed by atoms with Crippen LogP contribution in [-0.2, 0) is 14.4 Å². The Labute approximate surface area is 104 Å². The highest BCUT2D eigenvalue weighted by atomic mass is 16.4. The third kappa shape index (κ3) is 2.32. The third-order valence-electron chi connectivity index (χ3n) is 3.43. The number of nitrogens with one attached hydrogen (secondary N) is 1. The molecule has 1 fully saturated rings. The van der Waals surface area contributed by atoms with E-state index in [9.17, 15) is 14.4 Å². The lowest BCUT2D eigenvalue weighted by Gasteiger charge is -2.29. The van der Waals surface area contributed by atoms with Gasteiger partial charge in [-0.1, -0.05) is 0 Å². The molecule has 1 heterocycles. The highest BCUT2D eigenvalue weighted by molar-refractivity contribution is 6.12. The average Bonchev–Trinajstić information content (AvgIpc) is 2.60. The molecule has 0 spiro atoms. The molecule has 2 amide bonds. The molecule has 0 bridgehead atoms. The van der Waals surface area contributed by atoms with Crippen LogP contribution in [0, 0.1) is 17.2 Å². The van der Waals surface area contributed by atoms with Crippen LogP contribution in [0.15, 0.2) is 12.2 Å². The number of aliphatic carboxylic acids is 1. The summed E-state index contributed by atoms with van der Waals surface area (Å²) in [5, 5.41) is 16.6. The summed E-state index contributed by atoms with van der Waals surface area (Å²) in [4.78, 5) is 34.8. The molecule has 1 aliphatic carbocycles. The maximum atomic E-state index is 11.4. The normalized spacial score (nSPS) is 28.0. The molecular formula is C12H14N2O4. The zero-order chi connectivity index (χ0) is 13.3. The second-order valence-corrected chi connectivity index (χ2v) is 4.68. The van der Waals surface area contributed by atoms with Crippen LogP contribution in [0.3, 0.4) is 0 Å². The molecule has 0 aromatic carbocycles. The first-order chi connectivity index (χ1) is 8.49. The summed E-state index contributed by atoms with van der Waals surface area (Å²) >= 11 is 0. The fourth-order valence-electron chi connectivity index (χ4n) is 2.43. The Bertz CT molecular complexity index is 437. The van der Waals surface area contributed by atoms with Crippen molar-refractivity contribution in [2.75, 3.05) is 6.54 Å². The summed E-state index contributed by atoms with van der Waals surface area (Å²) in [6.45, 7) is 0.277. The van der Waals surface area contributed by atoms with Crippen LogP contribution in [0.4, 0.5) is 0 Å². The van der Waals surface area contributed by atoms with E-state index < -0.39 is 11.9 Å². The zero-order valence-corrected chi connectivity index (χ0v) is 9.76. The first kappa shape index (κ1) is 12.5. The monoisotopic (exact) mass is 250 g/mol. The Balaban J connectivity index is 1.94. The fourth-order valence-corrected chi connectivity index (χ4v) is 2.43. The molecule has 2 unspecified atom stereocenters. The Morgan fingerprint density at radius 1 is 1.33 bits per heavy atom. The van der Waals surface area contributed by atoms with Gasteiger partial charge >= 0.3 is 5.97 Å². The molecule has 18 heavy (non-hydrogen) atoms. The van der Waals surface area contributed by atoms with E-state index in [0.29, 0.717) is 19.3 Å². The van der Waals surface area contributed by atoms with Crippen LogP contribution in [0.5, 0.6) is 0 Å². The minimum absolute atomic E-state index is 0.000833. The SMILES string of the molecule is N=C1CC(CN2C(=O)C=CC2=O)CCC1C(=O)O. The molecule has 2 aliphatic rings. The minimum Gasteiger partial charge on any atom is -0.481 e. The lowest BCUT2D eigenvalue weighted by Crippen LogP contribution is -2.39. The Morgan fingerprint density at radius 2 is 1.94 bits per heavy atom. The quantitative estimate of drug-likeness (QED) is 0.709. The van der Waals surface area contributed by atoms with Crippen molar-refractivity contribution in [2.24, 2.45) is 11.8 Å². The van der Waals surface area contributed by atoms with Crippen molar-refractivity contribution in [2.45, 2.75) is 19.3 Å². The number of carboxylic acids is 1. The zero-order valence-electron chi connectivity index (χ0n) is 9.76. The summed E-state index contributed by atoms with van der Waals surface area (Å²) in [6.07, 6.45) is 3.83. The summed E-state index contributed by atoms with van der Waals surface area (Å²) in [5.74, 6) is -2.32. The van der Waals surface area contributed by atoms with E-state index in [2.05, 4.69) is 0 Å². The smallest absolute Gasteiger partial charge is 0.312 e.